The average Bonchev–Trinajstić information content (AvgIpc) is 2.39. The van der Waals surface area contributed by atoms with E-state index < -0.39 is 0 Å². The lowest BCUT2D eigenvalue weighted by atomic mass is 9.72. The van der Waals surface area contributed by atoms with Crippen LogP contribution in [0.5, 0.6) is 0 Å². The number of nitrogens with zero attached hydrogens (tertiary/aromatic N) is 1. The van der Waals surface area contributed by atoms with Crippen LogP contribution in [0.1, 0.15) is 43.7 Å². The largest absolute Gasteiger partial charge is 0.329 e. The second kappa shape index (κ2) is 6.06. The monoisotopic (exact) mass is 260 g/mol. The molecule has 2 atom stereocenters. The predicted molar refractivity (Wildman–Crippen MR) is 82.1 cm³/mol. The minimum Gasteiger partial charge on any atom is -0.329 e. The number of nitrogens with two attached hydrogens (primary N) is 1. The molecular formula is C17H28N2. The molecule has 0 aromatic heterocycles. The van der Waals surface area contributed by atoms with Crippen LogP contribution in [0.25, 0.3) is 0 Å². The Bertz CT molecular complexity index is 415. The van der Waals surface area contributed by atoms with Crippen LogP contribution in [0.3, 0.4) is 0 Å². The minimum absolute atomic E-state index is 0.196. The molecule has 1 saturated carbocycles. The third kappa shape index (κ3) is 3.01. The summed E-state index contributed by atoms with van der Waals surface area (Å²) in [4.78, 5) is 2.51. The van der Waals surface area contributed by atoms with Gasteiger partial charge < -0.3 is 5.73 Å². The lowest BCUT2D eigenvalue weighted by Crippen LogP contribution is -2.57. The molecule has 2 heteroatoms. The molecule has 1 aliphatic rings. The quantitative estimate of drug-likeness (QED) is 0.899. The summed E-state index contributed by atoms with van der Waals surface area (Å²) >= 11 is 0. The van der Waals surface area contributed by atoms with Gasteiger partial charge in [0, 0.05) is 18.6 Å². The highest BCUT2D eigenvalue weighted by Gasteiger charge is 2.40. The standard InChI is InChI=1S/C17H28N2/c1-14-7-6-9-16(11-14)12-19(3)17(13-18)10-5-4-8-15(17)2/h6-7,9,11,15H,4-5,8,10,12-13,18H2,1-3H3. The summed E-state index contributed by atoms with van der Waals surface area (Å²) in [7, 11) is 2.25. The smallest absolute Gasteiger partial charge is 0.0357 e. The average molecular weight is 260 g/mol. The summed E-state index contributed by atoms with van der Waals surface area (Å²) in [6.45, 7) is 6.31. The first-order valence-corrected chi connectivity index (χ1v) is 7.55. The molecule has 0 amide bonds. The van der Waals surface area contributed by atoms with Gasteiger partial charge in [0.05, 0.1) is 0 Å². The Labute approximate surface area is 118 Å². The molecule has 2 rings (SSSR count). The van der Waals surface area contributed by atoms with E-state index in [1.807, 2.05) is 0 Å². The number of aryl methyl sites for hydroxylation is 1. The van der Waals surface area contributed by atoms with Crippen molar-refractivity contribution in [1.82, 2.24) is 4.90 Å². The van der Waals surface area contributed by atoms with Crippen LogP contribution in [-0.4, -0.2) is 24.0 Å². The van der Waals surface area contributed by atoms with Gasteiger partial charge in [-0.05, 0) is 38.3 Å². The van der Waals surface area contributed by atoms with Gasteiger partial charge in [-0.15, -0.1) is 0 Å². The van der Waals surface area contributed by atoms with Crippen LogP contribution in [0.15, 0.2) is 24.3 Å². The maximum Gasteiger partial charge on any atom is 0.0357 e. The first-order chi connectivity index (χ1) is 9.08. The molecule has 0 radical (unpaired) electrons. The maximum absolute atomic E-state index is 6.17. The molecular weight excluding hydrogens is 232 g/mol. The van der Waals surface area contributed by atoms with Crippen molar-refractivity contribution in [1.29, 1.82) is 0 Å². The van der Waals surface area contributed by atoms with Crippen molar-refractivity contribution < 1.29 is 0 Å². The van der Waals surface area contributed by atoms with Crippen molar-refractivity contribution in [2.75, 3.05) is 13.6 Å². The molecule has 19 heavy (non-hydrogen) atoms. The molecule has 0 heterocycles. The Morgan fingerprint density at radius 2 is 2.16 bits per heavy atom. The van der Waals surface area contributed by atoms with Crippen LogP contribution < -0.4 is 5.73 Å². The molecule has 2 N–H and O–H groups in total. The van der Waals surface area contributed by atoms with E-state index in [-0.39, 0.29) is 5.54 Å². The summed E-state index contributed by atoms with van der Waals surface area (Å²) in [5, 5.41) is 0. The molecule has 1 aromatic rings. The van der Waals surface area contributed by atoms with E-state index in [2.05, 4.69) is 50.1 Å². The van der Waals surface area contributed by atoms with Crippen LogP contribution in [0.2, 0.25) is 0 Å². The summed E-state index contributed by atoms with van der Waals surface area (Å²) in [6.07, 6.45) is 5.24. The van der Waals surface area contributed by atoms with Crippen molar-refractivity contribution in [3.63, 3.8) is 0 Å². The molecule has 2 unspecified atom stereocenters. The van der Waals surface area contributed by atoms with E-state index in [0.29, 0.717) is 5.92 Å². The molecule has 0 saturated heterocycles. The van der Waals surface area contributed by atoms with Gasteiger partial charge >= 0.3 is 0 Å². The summed E-state index contributed by atoms with van der Waals surface area (Å²) in [5.41, 5.74) is 9.10. The van der Waals surface area contributed by atoms with Gasteiger partial charge in [-0.2, -0.15) is 0 Å². The van der Waals surface area contributed by atoms with E-state index in [1.54, 1.807) is 0 Å². The Kier molecular flexibility index (Phi) is 4.64. The van der Waals surface area contributed by atoms with Gasteiger partial charge in [0.2, 0.25) is 0 Å². The molecule has 106 valence electrons. The van der Waals surface area contributed by atoms with Crippen LogP contribution >= 0.6 is 0 Å². The van der Waals surface area contributed by atoms with Crippen LogP contribution in [-0.2, 0) is 6.54 Å². The van der Waals surface area contributed by atoms with E-state index >= 15 is 0 Å². The Morgan fingerprint density at radius 1 is 1.37 bits per heavy atom. The first-order valence-electron chi connectivity index (χ1n) is 7.55. The summed E-state index contributed by atoms with van der Waals surface area (Å²) in [5.74, 6) is 0.695. The molecule has 0 bridgehead atoms. The molecule has 0 aliphatic heterocycles. The fourth-order valence-corrected chi connectivity index (χ4v) is 3.66. The van der Waals surface area contributed by atoms with Gasteiger partial charge in [0.15, 0.2) is 0 Å². The molecule has 1 aromatic carbocycles. The predicted octanol–water partition coefficient (Wildman–Crippen LogP) is 3.33. The van der Waals surface area contributed by atoms with E-state index in [4.69, 9.17) is 5.73 Å². The van der Waals surface area contributed by atoms with Crippen molar-refractivity contribution in [3.8, 4) is 0 Å². The minimum atomic E-state index is 0.196. The van der Waals surface area contributed by atoms with Crippen LogP contribution in [0.4, 0.5) is 0 Å². The highest BCUT2D eigenvalue weighted by atomic mass is 15.2. The molecule has 1 aliphatic carbocycles. The summed E-state index contributed by atoms with van der Waals surface area (Å²) in [6, 6.07) is 8.82. The van der Waals surface area contributed by atoms with Gasteiger partial charge in [-0.1, -0.05) is 49.6 Å². The Morgan fingerprint density at radius 3 is 2.79 bits per heavy atom. The highest BCUT2D eigenvalue weighted by molar-refractivity contribution is 5.22. The highest BCUT2D eigenvalue weighted by Crippen LogP contribution is 2.37. The Hall–Kier alpha value is -0.860. The summed E-state index contributed by atoms with van der Waals surface area (Å²) < 4.78 is 0. The lowest BCUT2D eigenvalue weighted by molar-refractivity contribution is 0.0278. The number of hydrogen-bond acceptors (Lipinski definition) is 2. The van der Waals surface area contributed by atoms with E-state index in [9.17, 15) is 0 Å². The molecule has 1 fully saturated rings. The number of hydrogen-bond donors (Lipinski definition) is 1. The van der Waals surface area contributed by atoms with Crippen molar-refractivity contribution >= 4 is 0 Å². The van der Waals surface area contributed by atoms with Crippen molar-refractivity contribution in [2.45, 2.75) is 51.6 Å². The first kappa shape index (κ1) is 14.5. The zero-order valence-corrected chi connectivity index (χ0v) is 12.7. The fourth-order valence-electron chi connectivity index (χ4n) is 3.66. The third-order valence-electron chi connectivity index (χ3n) is 5.03. The van der Waals surface area contributed by atoms with Crippen molar-refractivity contribution in [2.24, 2.45) is 11.7 Å². The zero-order valence-electron chi connectivity index (χ0n) is 12.7. The molecule has 0 spiro atoms. The second-order valence-corrected chi connectivity index (χ2v) is 6.30. The Balaban J connectivity index is 2.14. The fraction of sp³-hybridized carbons (Fsp3) is 0.647. The number of likely N-dealkylation sites (N-methyl/N-ethyl adjacent to an activating group) is 1. The number of benzene rings is 1. The normalized spacial score (nSPS) is 27.7. The van der Waals surface area contributed by atoms with Crippen molar-refractivity contribution in [3.05, 3.63) is 35.4 Å². The zero-order chi connectivity index (χ0) is 13.9. The lowest BCUT2D eigenvalue weighted by Gasteiger charge is -2.48. The SMILES string of the molecule is Cc1cccc(CN(C)C2(CN)CCCCC2C)c1. The maximum atomic E-state index is 6.17. The number of rotatable bonds is 4. The topological polar surface area (TPSA) is 29.3 Å². The van der Waals surface area contributed by atoms with Gasteiger partial charge in [0.1, 0.15) is 0 Å². The third-order valence-corrected chi connectivity index (χ3v) is 5.03. The second-order valence-electron chi connectivity index (χ2n) is 6.30. The van der Waals surface area contributed by atoms with E-state index in [1.165, 1.54) is 36.8 Å². The van der Waals surface area contributed by atoms with Gasteiger partial charge in [0.25, 0.3) is 0 Å². The van der Waals surface area contributed by atoms with Crippen LogP contribution in [0, 0.1) is 12.8 Å². The van der Waals surface area contributed by atoms with Gasteiger partial charge in [-0.3, -0.25) is 4.90 Å². The van der Waals surface area contributed by atoms with Gasteiger partial charge in [-0.25, -0.2) is 0 Å². The van der Waals surface area contributed by atoms with E-state index in [0.717, 1.165) is 13.1 Å². The molecule has 2 nitrogen and oxygen atoms in total.